The molecule has 2 aliphatic rings. The molecule has 2 aromatic carbocycles. The maximum Gasteiger partial charge on any atom is 0.339 e. The molecule has 0 radical (unpaired) electrons. The Morgan fingerprint density at radius 3 is 2.55 bits per heavy atom. The number of carbonyl (C=O) groups is 1. The molecular formula is C23H20N4O2. The lowest BCUT2D eigenvalue weighted by molar-refractivity contribution is -0.0312. The molecule has 0 bridgehead atoms. The van der Waals surface area contributed by atoms with Crippen molar-refractivity contribution in [1.82, 2.24) is 19.8 Å². The van der Waals surface area contributed by atoms with Gasteiger partial charge in [-0.1, -0.05) is 48.5 Å². The maximum atomic E-state index is 12.3. The lowest BCUT2D eigenvalue weighted by Gasteiger charge is -2.35. The molecule has 0 amide bonds. The highest BCUT2D eigenvalue weighted by atomic mass is 16.6. The van der Waals surface area contributed by atoms with Crippen LogP contribution in [0.5, 0.6) is 0 Å². The topological polar surface area (TPSA) is 72.3 Å². The molecule has 1 aliphatic heterocycles. The molecule has 0 atom stereocenters. The summed E-state index contributed by atoms with van der Waals surface area (Å²) >= 11 is 0. The Kier molecular flexibility index (Phi) is 3.45. The molecule has 0 saturated heterocycles. The van der Waals surface area contributed by atoms with Crippen molar-refractivity contribution in [2.75, 3.05) is 0 Å². The molecule has 1 spiro atoms. The van der Waals surface area contributed by atoms with Gasteiger partial charge in [0.2, 0.25) is 0 Å². The zero-order chi connectivity index (χ0) is 19.4. The fourth-order valence-corrected chi connectivity index (χ4v) is 4.80. The predicted octanol–water partition coefficient (Wildman–Crippen LogP) is 4.45. The van der Waals surface area contributed by atoms with Crippen molar-refractivity contribution in [2.45, 2.75) is 37.2 Å². The molecule has 1 N–H and O–H groups in total. The van der Waals surface area contributed by atoms with Crippen molar-refractivity contribution < 1.29 is 9.53 Å². The number of esters is 1. The molecule has 0 unspecified atom stereocenters. The zero-order valence-electron chi connectivity index (χ0n) is 15.8. The van der Waals surface area contributed by atoms with Crippen LogP contribution in [0.2, 0.25) is 0 Å². The number of nitrogens with zero attached hydrogens (tertiary/aromatic N) is 3. The first-order chi connectivity index (χ1) is 14.2. The third-order valence-electron chi connectivity index (χ3n) is 6.33. The molecule has 2 aromatic heterocycles. The Morgan fingerprint density at radius 2 is 1.76 bits per heavy atom. The number of benzene rings is 2. The smallest absolute Gasteiger partial charge is 0.339 e. The van der Waals surface area contributed by atoms with Gasteiger partial charge in [-0.05, 0) is 31.7 Å². The van der Waals surface area contributed by atoms with E-state index in [0.717, 1.165) is 59.5 Å². The number of nitrogens with one attached hydrogen (secondary N) is 1. The van der Waals surface area contributed by atoms with E-state index in [0.29, 0.717) is 5.92 Å². The van der Waals surface area contributed by atoms with E-state index in [1.165, 1.54) is 0 Å². The predicted molar refractivity (Wildman–Crippen MR) is 108 cm³/mol. The Morgan fingerprint density at radius 1 is 1.00 bits per heavy atom. The van der Waals surface area contributed by atoms with Gasteiger partial charge >= 0.3 is 5.97 Å². The number of carbonyl (C=O) groups excluding carboxylic acids is 1. The fraction of sp³-hybridized carbons (Fsp3) is 0.261. The Bertz CT molecular complexity index is 1180. The third kappa shape index (κ3) is 2.52. The molecule has 1 saturated carbocycles. The van der Waals surface area contributed by atoms with E-state index < -0.39 is 5.60 Å². The number of ether oxygens (including phenoxy) is 1. The molecular weight excluding hydrogens is 364 g/mol. The van der Waals surface area contributed by atoms with Crippen LogP contribution in [0.4, 0.5) is 0 Å². The summed E-state index contributed by atoms with van der Waals surface area (Å²) in [6.45, 7) is 0. The summed E-state index contributed by atoms with van der Waals surface area (Å²) in [6.07, 6.45) is 3.48. The largest absolute Gasteiger partial charge is 0.451 e. The van der Waals surface area contributed by atoms with E-state index in [1.54, 1.807) is 4.63 Å². The molecule has 1 fully saturated rings. The van der Waals surface area contributed by atoms with Gasteiger partial charge in [-0.25, -0.2) is 4.79 Å². The quantitative estimate of drug-likeness (QED) is 0.518. The molecule has 144 valence electrons. The monoisotopic (exact) mass is 384 g/mol. The molecule has 4 aromatic rings. The first-order valence-corrected chi connectivity index (χ1v) is 10.1. The van der Waals surface area contributed by atoms with Gasteiger partial charge in [0.1, 0.15) is 11.4 Å². The lowest BCUT2D eigenvalue weighted by Crippen LogP contribution is -2.31. The summed E-state index contributed by atoms with van der Waals surface area (Å²) in [5.74, 6) is 1.08. The minimum atomic E-state index is -0.461. The van der Waals surface area contributed by atoms with E-state index in [4.69, 9.17) is 9.84 Å². The van der Waals surface area contributed by atoms with Gasteiger partial charge in [-0.15, -0.1) is 14.8 Å². The highest BCUT2D eigenvalue weighted by Crippen LogP contribution is 2.49. The average Bonchev–Trinajstić information content (AvgIpc) is 3.41. The first kappa shape index (κ1) is 16.5. The third-order valence-corrected chi connectivity index (χ3v) is 6.33. The van der Waals surface area contributed by atoms with Gasteiger partial charge in [0.25, 0.3) is 0 Å². The maximum absolute atomic E-state index is 12.3. The van der Waals surface area contributed by atoms with Gasteiger partial charge in [0.15, 0.2) is 5.65 Å². The number of hydrogen-bond donors (Lipinski definition) is 1. The SMILES string of the molecule is O=C1O[C@]2(CC[C@H](c3nn4nc(-c5ccccc5)cc4[nH]3)CC2)c2ccccc21. The summed E-state index contributed by atoms with van der Waals surface area (Å²) in [5, 5.41) is 9.31. The van der Waals surface area contributed by atoms with Gasteiger partial charge in [0, 0.05) is 23.1 Å². The van der Waals surface area contributed by atoms with Crippen LogP contribution in [0.1, 0.15) is 53.3 Å². The van der Waals surface area contributed by atoms with E-state index in [9.17, 15) is 4.79 Å². The number of aromatic nitrogens is 4. The van der Waals surface area contributed by atoms with Gasteiger partial charge in [-0.2, -0.15) is 0 Å². The lowest BCUT2D eigenvalue weighted by atomic mass is 9.75. The Hall–Kier alpha value is -3.41. The second-order valence-corrected chi connectivity index (χ2v) is 7.98. The normalized spacial score (nSPS) is 23.4. The van der Waals surface area contributed by atoms with Crippen molar-refractivity contribution in [3.05, 3.63) is 77.6 Å². The van der Waals surface area contributed by atoms with Crippen molar-refractivity contribution in [3.8, 4) is 11.3 Å². The molecule has 6 rings (SSSR count). The molecule has 1 aliphatic carbocycles. The Labute approximate surface area is 167 Å². The second-order valence-electron chi connectivity index (χ2n) is 7.98. The van der Waals surface area contributed by atoms with Crippen molar-refractivity contribution in [2.24, 2.45) is 0 Å². The standard InChI is InChI=1S/C23H20N4O2/c28-22-17-8-4-5-9-18(17)23(29-22)12-10-16(11-13-23)21-24-20-14-19(25-27(20)26-21)15-6-2-1-3-7-15/h1-9,14,16H,10-13H2,(H,24,26)/t16-,23-. The van der Waals surface area contributed by atoms with Crippen molar-refractivity contribution in [3.63, 3.8) is 0 Å². The number of rotatable bonds is 2. The minimum absolute atomic E-state index is 0.191. The summed E-state index contributed by atoms with van der Waals surface area (Å²) in [6, 6.07) is 19.9. The van der Waals surface area contributed by atoms with Crippen LogP contribution in [-0.2, 0) is 10.3 Å². The molecule has 3 heterocycles. The molecule has 29 heavy (non-hydrogen) atoms. The summed E-state index contributed by atoms with van der Waals surface area (Å²) < 4.78 is 7.55. The highest BCUT2D eigenvalue weighted by Gasteiger charge is 2.47. The summed E-state index contributed by atoms with van der Waals surface area (Å²) in [7, 11) is 0. The second kappa shape index (κ2) is 6.04. The van der Waals surface area contributed by atoms with Crippen molar-refractivity contribution >= 4 is 11.6 Å². The van der Waals surface area contributed by atoms with E-state index in [2.05, 4.69) is 10.1 Å². The van der Waals surface area contributed by atoms with E-state index in [1.807, 2.05) is 60.7 Å². The van der Waals surface area contributed by atoms with Crippen LogP contribution in [0, 0.1) is 0 Å². The Balaban J connectivity index is 1.24. The minimum Gasteiger partial charge on any atom is -0.451 e. The van der Waals surface area contributed by atoms with Crippen LogP contribution >= 0.6 is 0 Å². The summed E-state index contributed by atoms with van der Waals surface area (Å²) in [4.78, 5) is 15.7. The number of hydrogen-bond acceptors (Lipinski definition) is 4. The number of fused-ring (bicyclic) bond motifs is 3. The average molecular weight is 384 g/mol. The molecule has 6 nitrogen and oxygen atoms in total. The first-order valence-electron chi connectivity index (χ1n) is 10.1. The van der Waals surface area contributed by atoms with Crippen LogP contribution < -0.4 is 0 Å². The fourth-order valence-electron chi connectivity index (χ4n) is 4.80. The van der Waals surface area contributed by atoms with Gasteiger partial charge in [0.05, 0.1) is 11.3 Å². The van der Waals surface area contributed by atoms with E-state index in [-0.39, 0.29) is 5.97 Å². The van der Waals surface area contributed by atoms with Crippen LogP contribution in [0.3, 0.4) is 0 Å². The van der Waals surface area contributed by atoms with Crippen LogP contribution in [0.15, 0.2) is 60.7 Å². The van der Waals surface area contributed by atoms with Crippen molar-refractivity contribution in [1.29, 1.82) is 0 Å². The number of aromatic amines is 1. The number of H-pyrrole nitrogens is 1. The van der Waals surface area contributed by atoms with E-state index >= 15 is 0 Å². The van der Waals surface area contributed by atoms with Gasteiger partial charge in [-0.3, -0.25) is 0 Å². The zero-order valence-corrected chi connectivity index (χ0v) is 15.8. The van der Waals surface area contributed by atoms with Crippen LogP contribution in [-0.4, -0.2) is 25.8 Å². The van der Waals surface area contributed by atoms with Gasteiger partial charge < -0.3 is 9.72 Å². The molecule has 6 heteroatoms. The van der Waals surface area contributed by atoms with Crippen LogP contribution in [0.25, 0.3) is 16.9 Å². The summed E-state index contributed by atoms with van der Waals surface area (Å²) in [5.41, 5.74) is 4.19. The highest BCUT2D eigenvalue weighted by molar-refractivity contribution is 5.94.